The maximum atomic E-state index is 11.4. The number of nitrogens with one attached hydrogen (secondary N) is 1. The lowest BCUT2D eigenvalue weighted by Crippen LogP contribution is -2.29. The van der Waals surface area contributed by atoms with Gasteiger partial charge in [0.2, 0.25) is 0 Å². The van der Waals surface area contributed by atoms with Crippen LogP contribution in [0.2, 0.25) is 0 Å². The molecule has 86 valence electrons. The molecule has 1 aliphatic carbocycles. The van der Waals surface area contributed by atoms with Gasteiger partial charge in [-0.3, -0.25) is 4.79 Å². The Morgan fingerprint density at radius 1 is 1.33 bits per heavy atom. The molecule has 0 aromatic heterocycles. The van der Waals surface area contributed by atoms with Crippen LogP contribution in [0.4, 0.5) is 0 Å². The fourth-order valence-electron chi connectivity index (χ4n) is 1.74. The van der Waals surface area contributed by atoms with Crippen LogP contribution in [0.1, 0.15) is 51.9 Å². The summed E-state index contributed by atoms with van der Waals surface area (Å²) in [4.78, 5) is 27.3. The zero-order valence-corrected chi connectivity index (χ0v) is 9.25. The summed E-state index contributed by atoms with van der Waals surface area (Å²) in [5.41, 5.74) is 2.21. The molecule has 1 fully saturated rings. The van der Waals surface area contributed by atoms with Crippen LogP contribution in [0.25, 0.3) is 0 Å². The van der Waals surface area contributed by atoms with Gasteiger partial charge in [-0.2, -0.15) is 5.48 Å². The molecule has 1 aliphatic rings. The Labute approximate surface area is 90.3 Å². The monoisotopic (exact) mass is 213 g/mol. The summed E-state index contributed by atoms with van der Waals surface area (Å²) in [6.45, 7) is 2.01. The van der Waals surface area contributed by atoms with Crippen molar-refractivity contribution in [2.24, 2.45) is 5.92 Å². The van der Waals surface area contributed by atoms with Gasteiger partial charge in [0, 0.05) is 6.42 Å². The average Bonchev–Trinajstić information content (AvgIpc) is 2.76. The van der Waals surface area contributed by atoms with Gasteiger partial charge in [0.25, 0.3) is 5.91 Å². The fourth-order valence-corrected chi connectivity index (χ4v) is 1.74. The van der Waals surface area contributed by atoms with Crippen molar-refractivity contribution in [1.82, 2.24) is 5.48 Å². The van der Waals surface area contributed by atoms with E-state index in [1.165, 1.54) is 0 Å². The Hall–Kier alpha value is -1.06. The first-order valence-corrected chi connectivity index (χ1v) is 5.73. The molecule has 1 N–H and O–H groups in total. The van der Waals surface area contributed by atoms with Crippen molar-refractivity contribution in [2.75, 3.05) is 0 Å². The molecular weight excluding hydrogens is 194 g/mol. The third-order valence-electron chi connectivity index (χ3n) is 2.71. The minimum atomic E-state index is -0.280. The standard InChI is InChI=1S/C11H19NO3/c1-2-3-8-10(13)12-15-11(14)9-6-4-5-7-9/h9H,2-8H2,1H3,(H,12,13). The number of hydroxylamine groups is 1. The summed E-state index contributed by atoms with van der Waals surface area (Å²) in [7, 11) is 0. The van der Waals surface area contributed by atoms with E-state index in [0.717, 1.165) is 38.5 Å². The van der Waals surface area contributed by atoms with Crippen molar-refractivity contribution in [3.63, 3.8) is 0 Å². The van der Waals surface area contributed by atoms with Gasteiger partial charge in [0.05, 0.1) is 5.92 Å². The molecular formula is C11H19NO3. The van der Waals surface area contributed by atoms with E-state index in [0.29, 0.717) is 6.42 Å². The predicted octanol–water partition coefficient (Wildman–Crippen LogP) is 1.94. The zero-order chi connectivity index (χ0) is 11.1. The molecule has 4 heteroatoms. The molecule has 4 nitrogen and oxygen atoms in total. The maximum Gasteiger partial charge on any atom is 0.335 e. The SMILES string of the molecule is CCCCC(=O)NOC(=O)C1CCCC1. The van der Waals surface area contributed by atoms with Gasteiger partial charge in [-0.15, -0.1) is 0 Å². The molecule has 0 spiro atoms. The van der Waals surface area contributed by atoms with Gasteiger partial charge in [0.1, 0.15) is 0 Å². The molecule has 1 rings (SSSR count). The summed E-state index contributed by atoms with van der Waals surface area (Å²) < 4.78 is 0. The normalized spacial score (nSPS) is 16.3. The number of hydrogen-bond donors (Lipinski definition) is 1. The van der Waals surface area contributed by atoms with Crippen LogP contribution < -0.4 is 5.48 Å². The Balaban J connectivity index is 2.12. The maximum absolute atomic E-state index is 11.4. The first kappa shape index (κ1) is 12.0. The molecule has 0 heterocycles. The first-order valence-electron chi connectivity index (χ1n) is 5.73. The lowest BCUT2D eigenvalue weighted by Gasteiger charge is -2.09. The molecule has 0 saturated heterocycles. The number of carbonyl (C=O) groups is 2. The molecule has 0 atom stereocenters. The highest BCUT2D eigenvalue weighted by atomic mass is 16.7. The number of carbonyl (C=O) groups excluding carboxylic acids is 2. The van der Waals surface area contributed by atoms with Gasteiger partial charge in [-0.1, -0.05) is 26.2 Å². The van der Waals surface area contributed by atoms with E-state index in [1.807, 2.05) is 6.92 Å². The summed E-state index contributed by atoms with van der Waals surface area (Å²) in [6.07, 6.45) is 6.17. The van der Waals surface area contributed by atoms with Crippen molar-refractivity contribution in [3.8, 4) is 0 Å². The van der Waals surface area contributed by atoms with E-state index < -0.39 is 0 Å². The van der Waals surface area contributed by atoms with E-state index in [4.69, 9.17) is 4.84 Å². The molecule has 0 aromatic carbocycles. The summed E-state index contributed by atoms with van der Waals surface area (Å²) >= 11 is 0. The Morgan fingerprint density at radius 2 is 2.00 bits per heavy atom. The molecule has 0 aromatic rings. The second-order valence-electron chi connectivity index (χ2n) is 4.03. The van der Waals surface area contributed by atoms with Gasteiger partial charge < -0.3 is 4.84 Å². The van der Waals surface area contributed by atoms with Crippen molar-refractivity contribution in [3.05, 3.63) is 0 Å². The fraction of sp³-hybridized carbons (Fsp3) is 0.818. The minimum Gasteiger partial charge on any atom is -0.340 e. The largest absolute Gasteiger partial charge is 0.340 e. The third kappa shape index (κ3) is 4.32. The zero-order valence-electron chi connectivity index (χ0n) is 9.25. The van der Waals surface area contributed by atoms with Crippen molar-refractivity contribution in [2.45, 2.75) is 51.9 Å². The highest BCUT2D eigenvalue weighted by Gasteiger charge is 2.24. The van der Waals surface area contributed by atoms with Crippen LogP contribution in [0.3, 0.4) is 0 Å². The molecule has 15 heavy (non-hydrogen) atoms. The quantitative estimate of drug-likeness (QED) is 0.726. The molecule has 1 amide bonds. The minimum absolute atomic E-state index is 0.00326. The Kier molecular flexibility index (Phi) is 5.15. The second kappa shape index (κ2) is 6.43. The highest BCUT2D eigenvalue weighted by molar-refractivity contribution is 5.78. The van der Waals surface area contributed by atoms with Gasteiger partial charge >= 0.3 is 5.97 Å². The number of rotatable bonds is 4. The van der Waals surface area contributed by atoms with Crippen molar-refractivity contribution < 1.29 is 14.4 Å². The topological polar surface area (TPSA) is 55.4 Å². The molecule has 1 saturated carbocycles. The third-order valence-corrected chi connectivity index (χ3v) is 2.71. The molecule has 0 unspecified atom stereocenters. The van der Waals surface area contributed by atoms with Crippen LogP contribution in [0.15, 0.2) is 0 Å². The molecule has 0 radical (unpaired) electrons. The second-order valence-corrected chi connectivity index (χ2v) is 4.03. The average molecular weight is 213 g/mol. The van der Waals surface area contributed by atoms with Crippen LogP contribution in [0, 0.1) is 5.92 Å². The van der Waals surface area contributed by atoms with Gasteiger partial charge in [-0.05, 0) is 19.3 Å². The molecule has 0 bridgehead atoms. The van der Waals surface area contributed by atoms with Crippen LogP contribution in [-0.4, -0.2) is 11.9 Å². The van der Waals surface area contributed by atoms with E-state index in [-0.39, 0.29) is 17.8 Å². The first-order chi connectivity index (χ1) is 7.24. The smallest absolute Gasteiger partial charge is 0.335 e. The lowest BCUT2D eigenvalue weighted by atomic mass is 10.1. The Morgan fingerprint density at radius 3 is 2.60 bits per heavy atom. The molecule has 0 aliphatic heterocycles. The van der Waals surface area contributed by atoms with Crippen LogP contribution in [0.5, 0.6) is 0 Å². The van der Waals surface area contributed by atoms with E-state index in [1.54, 1.807) is 0 Å². The predicted molar refractivity (Wildman–Crippen MR) is 55.7 cm³/mol. The summed E-state index contributed by atoms with van der Waals surface area (Å²) in [5, 5.41) is 0. The lowest BCUT2D eigenvalue weighted by molar-refractivity contribution is -0.162. The number of unbranched alkanes of at least 4 members (excludes halogenated alkanes) is 1. The van der Waals surface area contributed by atoms with Crippen LogP contribution >= 0.6 is 0 Å². The number of amides is 1. The summed E-state index contributed by atoms with van der Waals surface area (Å²) in [6, 6.07) is 0. The Bertz CT molecular complexity index is 222. The van der Waals surface area contributed by atoms with Crippen molar-refractivity contribution >= 4 is 11.9 Å². The highest BCUT2D eigenvalue weighted by Crippen LogP contribution is 2.25. The van der Waals surface area contributed by atoms with E-state index in [9.17, 15) is 9.59 Å². The summed E-state index contributed by atoms with van der Waals surface area (Å²) in [5.74, 6) is -0.489. The van der Waals surface area contributed by atoms with Crippen molar-refractivity contribution in [1.29, 1.82) is 0 Å². The van der Waals surface area contributed by atoms with Gasteiger partial charge in [0.15, 0.2) is 0 Å². The van der Waals surface area contributed by atoms with E-state index >= 15 is 0 Å². The van der Waals surface area contributed by atoms with E-state index in [2.05, 4.69) is 5.48 Å². The van der Waals surface area contributed by atoms with Gasteiger partial charge in [-0.25, -0.2) is 4.79 Å². The van der Waals surface area contributed by atoms with Crippen LogP contribution in [-0.2, 0) is 14.4 Å². The number of hydrogen-bond acceptors (Lipinski definition) is 3.